The van der Waals surface area contributed by atoms with Gasteiger partial charge in [-0.25, -0.2) is 0 Å². The maximum Gasteiger partial charge on any atom is 0.253 e. The highest BCUT2D eigenvalue weighted by Gasteiger charge is 2.20. The highest BCUT2D eigenvalue weighted by molar-refractivity contribution is 5.82. The summed E-state index contributed by atoms with van der Waals surface area (Å²) in [5, 5.41) is 2.97. The average Bonchev–Trinajstić information content (AvgIpc) is 2.31. The van der Waals surface area contributed by atoms with Gasteiger partial charge >= 0.3 is 0 Å². The van der Waals surface area contributed by atoms with E-state index in [-0.39, 0.29) is 11.9 Å². The first-order chi connectivity index (χ1) is 8.19. The summed E-state index contributed by atoms with van der Waals surface area (Å²) in [6, 6.07) is 9.73. The van der Waals surface area contributed by atoms with Gasteiger partial charge in [-0.15, -0.1) is 0 Å². The molecule has 1 aromatic carbocycles. The van der Waals surface area contributed by atoms with Gasteiger partial charge in [0.1, 0.15) is 0 Å². The van der Waals surface area contributed by atoms with Gasteiger partial charge in [0.05, 0.1) is 0 Å². The molecule has 0 radical (unpaired) electrons. The zero-order valence-corrected chi connectivity index (χ0v) is 10.8. The maximum absolute atomic E-state index is 12.0. The van der Waals surface area contributed by atoms with E-state index in [0.717, 1.165) is 18.4 Å². The third kappa shape index (κ3) is 4.19. The molecule has 0 spiro atoms. The van der Waals surface area contributed by atoms with Gasteiger partial charge in [-0.3, -0.25) is 4.79 Å². The molecule has 0 aliphatic rings. The van der Waals surface area contributed by atoms with Gasteiger partial charge < -0.3 is 10.1 Å². The zero-order valence-electron chi connectivity index (χ0n) is 10.8. The molecule has 1 rings (SSSR count). The van der Waals surface area contributed by atoms with E-state index in [1.54, 1.807) is 7.11 Å². The van der Waals surface area contributed by atoms with E-state index in [1.165, 1.54) is 0 Å². The first-order valence-corrected chi connectivity index (χ1v) is 6.07. The predicted octanol–water partition coefficient (Wildman–Crippen LogP) is 2.68. The van der Waals surface area contributed by atoms with Gasteiger partial charge in [0, 0.05) is 13.2 Å². The molecular weight excluding hydrogens is 214 g/mol. The molecule has 0 heterocycles. The molecule has 3 nitrogen and oxygen atoms in total. The van der Waals surface area contributed by atoms with Gasteiger partial charge in [-0.05, 0) is 18.9 Å². The number of carbonyl (C=O) groups is 1. The van der Waals surface area contributed by atoms with Crippen molar-refractivity contribution in [2.75, 3.05) is 7.11 Å². The molecule has 0 unspecified atom stereocenters. The van der Waals surface area contributed by atoms with E-state index in [4.69, 9.17) is 4.74 Å². The fraction of sp³-hybridized carbons (Fsp3) is 0.500. The van der Waals surface area contributed by atoms with Gasteiger partial charge in [0.25, 0.3) is 5.91 Å². The molecule has 94 valence electrons. The highest BCUT2D eigenvalue weighted by Crippen LogP contribution is 2.16. The molecule has 1 aromatic rings. The summed E-state index contributed by atoms with van der Waals surface area (Å²) >= 11 is 0. The van der Waals surface area contributed by atoms with Crippen molar-refractivity contribution >= 4 is 5.91 Å². The lowest BCUT2D eigenvalue weighted by molar-refractivity contribution is -0.132. The molecule has 0 aromatic heterocycles. The lowest BCUT2D eigenvalue weighted by Gasteiger charge is -2.19. The number of nitrogens with one attached hydrogen (secondary N) is 1. The average molecular weight is 235 g/mol. The molecule has 3 heteroatoms. The number of hydrogen-bond donors (Lipinski definition) is 1. The largest absolute Gasteiger partial charge is 0.367 e. The molecule has 0 saturated heterocycles. The first-order valence-electron chi connectivity index (χ1n) is 6.07. The van der Waals surface area contributed by atoms with Crippen molar-refractivity contribution in [1.29, 1.82) is 0 Å². The monoisotopic (exact) mass is 235 g/mol. The Hall–Kier alpha value is -1.35. The van der Waals surface area contributed by atoms with E-state index in [2.05, 4.69) is 12.2 Å². The van der Waals surface area contributed by atoms with Crippen LogP contribution in [0.1, 0.15) is 38.4 Å². The smallest absolute Gasteiger partial charge is 0.253 e. The van der Waals surface area contributed by atoms with Crippen molar-refractivity contribution in [2.24, 2.45) is 0 Å². The quantitative estimate of drug-likeness (QED) is 0.823. The van der Waals surface area contributed by atoms with E-state index in [0.29, 0.717) is 0 Å². The van der Waals surface area contributed by atoms with Crippen molar-refractivity contribution in [3.05, 3.63) is 35.9 Å². The number of benzene rings is 1. The highest BCUT2D eigenvalue weighted by atomic mass is 16.5. The van der Waals surface area contributed by atoms with Crippen molar-refractivity contribution < 1.29 is 9.53 Å². The third-order valence-corrected chi connectivity index (χ3v) is 2.69. The van der Waals surface area contributed by atoms with E-state index < -0.39 is 6.10 Å². The number of rotatable bonds is 6. The van der Waals surface area contributed by atoms with Crippen molar-refractivity contribution in [1.82, 2.24) is 5.32 Å². The fourth-order valence-electron chi connectivity index (χ4n) is 1.85. The molecule has 0 fully saturated rings. The minimum absolute atomic E-state index is 0.0698. The Bertz CT molecular complexity index is 337. The van der Waals surface area contributed by atoms with Gasteiger partial charge in [0.15, 0.2) is 6.10 Å². The SMILES string of the molecule is CCC[C@H](C)NC(=O)[C@@H](OC)c1ccccc1. The van der Waals surface area contributed by atoms with Crippen LogP contribution >= 0.6 is 0 Å². The second-order valence-electron chi connectivity index (χ2n) is 4.22. The third-order valence-electron chi connectivity index (χ3n) is 2.69. The molecule has 0 aliphatic carbocycles. The van der Waals surface area contributed by atoms with Crippen molar-refractivity contribution in [3.63, 3.8) is 0 Å². The van der Waals surface area contributed by atoms with Crippen LogP contribution in [0.3, 0.4) is 0 Å². The van der Waals surface area contributed by atoms with Crippen LogP contribution in [0.2, 0.25) is 0 Å². The minimum Gasteiger partial charge on any atom is -0.367 e. The lowest BCUT2D eigenvalue weighted by Crippen LogP contribution is -2.36. The topological polar surface area (TPSA) is 38.3 Å². The van der Waals surface area contributed by atoms with Crippen LogP contribution in [0.15, 0.2) is 30.3 Å². The van der Waals surface area contributed by atoms with Crippen LogP contribution in [0, 0.1) is 0 Å². The number of hydrogen-bond acceptors (Lipinski definition) is 2. The first kappa shape index (κ1) is 13.7. The van der Waals surface area contributed by atoms with Crippen LogP contribution in [-0.2, 0) is 9.53 Å². The van der Waals surface area contributed by atoms with E-state index in [1.807, 2.05) is 37.3 Å². The summed E-state index contributed by atoms with van der Waals surface area (Å²) in [7, 11) is 1.56. The normalized spacial score (nSPS) is 14.1. The Labute approximate surface area is 103 Å². The van der Waals surface area contributed by atoms with Crippen LogP contribution in [0.4, 0.5) is 0 Å². The van der Waals surface area contributed by atoms with Gasteiger partial charge in [-0.1, -0.05) is 43.7 Å². The van der Waals surface area contributed by atoms with Crippen LogP contribution in [0.25, 0.3) is 0 Å². The number of ether oxygens (including phenoxy) is 1. The Kier molecular flexibility index (Phi) is 5.70. The lowest BCUT2D eigenvalue weighted by atomic mass is 10.1. The van der Waals surface area contributed by atoms with Gasteiger partial charge in [0.2, 0.25) is 0 Å². The van der Waals surface area contributed by atoms with Gasteiger partial charge in [-0.2, -0.15) is 0 Å². The Morgan fingerprint density at radius 2 is 2.00 bits per heavy atom. The summed E-state index contributed by atoms with van der Waals surface area (Å²) in [6.45, 7) is 4.12. The molecule has 1 amide bonds. The summed E-state index contributed by atoms with van der Waals surface area (Å²) in [6.07, 6.45) is 1.53. The van der Waals surface area contributed by atoms with E-state index >= 15 is 0 Å². The molecule has 0 saturated carbocycles. The van der Waals surface area contributed by atoms with Crippen LogP contribution in [-0.4, -0.2) is 19.1 Å². The summed E-state index contributed by atoms with van der Waals surface area (Å²) in [5.74, 6) is -0.0698. The van der Waals surface area contributed by atoms with E-state index in [9.17, 15) is 4.79 Å². The summed E-state index contributed by atoms with van der Waals surface area (Å²) < 4.78 is 5.27. The van der Waals surface area contributed by atoms with Crippen LogP contribution < -0.4 is 5.32 Å². The summed E-state index contributed by atoms with van der Waals surface area (Å²) in [5.41, 5.74) is 0.885. The van der Waals surface area contributed by atoms with Crippen molar-refractivity contribution in [3.8, 4) is 0 Å². The maximum atomic E-state index is 12.0. The number of carbonyl (C=O) groups excluding carboxylic acids is 1. The molecule has 1 N–H and O–H groups in total. The molecule has 0 aliphatic heterocycles. The summed E-state index contributed by atoms with van der Waals surface area (Å²) in [4.78, 5) is 12.0. The minimum atomic E-state index is -0.518. The Morgan fingerprint density at radius 3 is 2.53 bits per heavy atom. The standard InChI is InChI=1S/C14H21NO2/c1-4-8-11(2)15-14(16)13(17-3)12-9-6-5-7-10-12/h5-7,9-11,13H,4,8H2,1-3H3,(H,15,16)/t11-,13-/m0/s1. The Balaban J connectivity index is 2.65. The second-order valence-corrected chi connectivity index (χ2v) is 4.22. The fourth-order valence-corrected chi connectivity index (χ4v) is 1.85. The molecule has 17 heavy (non-hydrogen) atoms. The molecule has 0 bridgehead atoms. The Morgan fingerprint density at radius 1 is 1.35 bits per heavy atom. The van der Waals surface area contributed by atoms with Crippen molar-refractivity contribution in [2.45, 2.75) is 38.8 Å². The molecular formula is C14H21NO2. The molecule has 2 atom stereocenters. The van der Waals surface area contributed by atoms with Crippen LogP contribution in [0.5, 0.6) is 0 Å². The number of methoxy groups -OCH3 is 1. The zero-order chi connectivity index (χ0) is 12.7. The predicted molar refractivity (Wildman–Crippen MR) is 68.7 cm³/mol. The second kappa shape index (κ2) is 7.07. The number of amides is 1.